The average molecular weight is 410 g/mol. The van der Waals surface area contributed by atoms with E-state index in [-0.39, 0.29) is 29.8 Å². The highest BCUT2D eigenvalue weighted by atomic mass is 79.9. The van der Waals surface area contributed by atoms with Crippen LogP contribution in [0.1, 0.15) is 55.5 Å². The first-order valence-corrected chi connectivity index (χ1v) is 9.04. The van der Waals surface area contributed by atoms with Gasteiger partial charge in [-0.2, -0.15) is 0 Å². The van der Waals surface area contributed by atoms with Gasteiger partial charge in [-0.15, -0.1) is 0 Å². The van der Waals surface area contributed by atoms with Gasteiger partial charge in [0.1, 0.15) is 0 Å². The molecule has 6 nitrogen and oxygen atoms in total. The molecule has 3 rings (SSSR count). The number of hydrogen-bond donors (Lipinski definition) is 0. The van der Waals surface area contributed by atoms with Gasteiger partial charge in [0.15, 0.2) is 5.78 Å². The van der Waals surface area contributed by atoms with Crippen LogP contribution in [0.15, 0.2) is 16.6 Å². The number of fused-ring (bicyclic) bond motifs is 3. The summed E-state index contributed by atoms with van der Waals surface area (Å²) in [7, 11) is 1.37. The third kappa shape index (κ3) is 2.51. The van der Waals surface area contributed by atoms with Gasteiger partial charge < -0.3 is 4.74 Å². The minimum Gasteiger partial charge on any atom is -0.469 e. The first-order valence-electron chi connectivity index (χ1n) is 8.25. The summed E-state index contributed by atoms with van der Waals surface area (Å²) in [5.41, 5.74) is -0.0460. The Kier molecular flexibility index (Phi) is 4.26. The van der Waals surface area contributed by atoms with Crippen LogP contribution in [0.5, 0.6) is 0 Å². The molecule has 2 aliphatic rings. The van der Waals surface area contributed by atoms with Crippen LogP contribution < -0.4 is 0 Å². The molecule has 0 aromatic heterocycles. The lowest BCUT2D eigenvalue weighted by Gasteiger charge is -2.53. The van der Waals surface area contributed by atoms with E-state index in [1.165, 1.54) is 13.2 Å². The van der Waals surface area contributed by atoms with Gasteiger partial charge in [0.2, 0.25) is 0 Å². The van der Waals surface area contributed by atoms with E-state index in [9.17, 15) is 19.7 Å². The lowest BCUT2D eigenvalue weighted by molar-refractivity contribution is -0.385. The highest BCUT2D eigenvalue weighted by Gasteiger charge is 2.57. The first-order chi connectivity index (χ1) is 11.6. The van der Waals surface area contributed by atoms with E-state index in [1.807, 2.05) is 6.92 Å². The second kappa shape index (κ2) is 5.90. The van der Waals surface area contributed by atoms with E-state index in [4.69, 9.17) is 4.74 Å². The summed E-state index contributed by atoms with van der Waals surface area (Å²) in [5.74, 6) is -0.625. The topological polar surface area (TPSA) is 86.5 Å². The molecule has 1 aromatic rings. The number of carbonyl (C=O) groups is 2. The van der Waals surface area contributed by atoms with Crippen LogP contribution in [0.25, 0.3) is 0 Å². The van der Waals surface area contributed by atoms with Crippen molar-refractivity contribution < 1.29 is 19.2 Å². The van der Waals surface area contributed by atoms with Gasteiger partial charge >= 0.3 is 5.97 Å². The molecule has 0 spiro atoms. The number of hydrogen-bond acceptors (Lipinski definition) is 5. The number of esters is 1. The Morgan fingerprint density at radius 1 is 1.36 bits per heavy atom. The average Bonchev–Trinajstić information content (AvgIpc) is 2.56. The number of methoxy groups -OCH3 is 1. The van der Waals surface area contributed by atoms with Crippen LogP contribution in [0.2, 0.25) is 0 Å². The maximum absolute atomic E-state index is 12.8. The van der Waals surface area contributed by atoms with Crippen molar-refractivity contribution in [2.24, 2.45) is 11.3 Å². The fraction of sp³-hybridized carbons (Fsp3) is 0.556. The second-order valence-electron chi connectivity index (χ2n) is 7.47. The monoisotopic (exact) mass is 409 g/mol. The molecule has 0 bridgehead atoms. The van der Waals surface area contributed by atoms with Crippen LogP contribution in [0.4, 0.5) is 5.69 Å². The smallest absolute Gasteiger partial charge is 0.311 e. The maximum atomic E-state index is 12.8. The van der Waals surface area contributed by atoms with Crippen molar-refractivity contribution in [2.75, 3.05) is 7.11 Å². The number of nitro groups is 1. The van der Waals surface area contributed by atoms with Crippen LogP contribution in [0.3, 0.4) is 0 Å². The van der Waals surface area contributed by atoms with E-state index in [1.54, 1.807) is 6.07 Å². The third-order valence-electron chi connectivity index (χ3n) is 6.17. The summed E-state index contributed by atoms with van der Waals surface area (Å²) < 4.78 is 5.39. The van der Waals surface area contributed by atoms with E-state index < -0.39 is 15.8 Å². The number of ketones is 1. The minimum atomic E-state index is -0.733. The molecule has 2 aliphatic carbocycles. The van der Waals surface area contributed by atoms with Crippen LogP contribution in [0, 0.1) is 21.4 Å². The second-order valence-corrected chi connectivity index (χ2v) is 8.32. The number of nitro benzene ring substituents is 1. The van der Waals surface area contributed by atoms with Gasteiger partial charge in [0, 0.05) is 18.1 Å². The van der Waals surface area contributed by atoms with Crippen molar-refractivity contribution >= 4 is 33.4 Å². The number of benzene rings is 1. The number of rotatable bonds is 2. The Hall–Kier alpha value is -1.76. The number of carbonyl (C=O) groups excluding carboxylic acids is 2. The van der Waals surface area contributed by atoms with Crippen LogP contribution >= 0.6 is 15.9 Å². The fourth-order valence-electron chi connectivity index (χ4n) is 4.83. The Balaban J connectivity index is 2.20. The SMILES string of the molecule is COC(=O)[C@]1(C)CCC[C@]2(C)c3cc(Br)c([N+](=O)[O-])cc3C(=O)C[C@@H]12. The van der Waals surface area contributed by atoms with E-state index in [0.717, 1.165) is 18.4 Å². The predicted molar refractivity (Wildman–Crippen MR) is 94.6 cm³/mol. The van der Waals surface area contributed by atoms with E-state index >= 15 is 0 Å². The number of ether oxygens (including phenoxy) is 1. The first kappa shape index (κ1) is 18.0. The minimum absolute atomic E-state index is 0.110. The molecule has 7 heteroatoms. The normalized spacial score (nSPS) is 31.0. The molecule has 0 saturated heterocycles. The van der Waals surface area contributed by atoms with Crippen molar-refractivity contribution in [1.82, 2.24) is 0 Å². The number of nitrogens with zero attached hydrogens (tertiary/aromatic N) is 1. The predicted octanol–water partition coefficient (Wildman–Crippen LogP) is 4.18. The molecule has 1 aromatic carbocycles. The molecule has 0 N–H and O–H groups in total. The Morgan fingerprint density at radius 3 is 2.64 bits per heavy atom. The molecule has 0 radical (unpaired) electrons. The summed E-state index contributed by atoms with van der Waals surface area (Å²) in [4.78, 5) is 36.0. The largest absolute Gasteiger partial charge is 0.469 e. The Labute approximate surface area is 154 Å². The molecule has 0 heterocycles. The molecule has 134 valence electrons. The van der Waals surface area contributed by atoms with Crippen molar-refractivity contribution in [3.8, 4) is 0 Å². The lowest BCUT2D eigenvalue weighted by atomic mass is 9.49. The number of Topliss-reactive ketones (excluding diaryl/α,β-unsaturated/α-hetero) is 1. The van der Waals surface area contributed by atoms with Crippen molar-refractivity contribution in [2.45, 2.75) is 44.9 Å². The van der Waals surface area contributed by atoms with Gasteiger partial charge in [-0.1, -0.05) is 13.3 Å². The summed E-state index contributed by atoms with van der Waals surface area (Å²) >= 11 is 3.26. The molecule has 1 saturated carbocycles. The molecule has 25 heavy (non-hydrogen) atoms. The van der Waals surface area contributed by atoms with Crippen molar-refractivity contribution in [3.05, 3.63) is 37.8 Å². The van der Waals surface area contributed by atoms with Gasteiger partial charge in [-0.05, 0) is 58.7 Å². The quantitative estimate of drug-likeness (QED) is 0.415. The lowest BCUT2D eigenvalue weighted by Crippen LogP contribution is -2.53. The van der Waals surface area contributed by atoms with Gasteiger partial charge in [-0.3, -0.25) is 19.7 Å². The standard InChI is InChI=1S/C18H20BrNO5/c1-17-5-4-6-18(2,16(22)25-3)15(17)9-14(21)10-7-13(20(23)24)12(19)8-11(10)17/h7-8,15H,4-6,9H2,1-3H3/t15-,17-,18-/m1/s1. The summed E-state index contributed by atoms with van der Waals surface area (Å²) in [6.07, 6.45) is 2.54. The van der Waals surface area contributed by atoms with Gasteiger partial charge in [0.25, 0.3) is 5.69 Å². The summed E-state index contributed by atoms with van der Waals surface area (Å²) in [6.45, 7) is 3.93. The Bertz CT molecular complexity index is 792. The molecule has 0 amide bonds. The molecular formula is C18H20BrNO5. The van der Waals surface area contributed by atoms with E-state index in [2.05, 4.69) is 22.9 Å². The third-order valence-corrected chi connectivity index (χ3v) is 6.81. The van der Waals surface area contributed by atoms with E-state index in [0.29, 0.717) is 16.5 Å². The molecule has 3 atom stereocenters. The highest BCUT2D eigenvalue weighted by molar-refractivity contribution is 9.10. The fourth-order valence-corrected chi connectivity index (χ4v) is 5.31. The summed E-state index contributed by atoms with van der Waals surface area (Å²) in [6, 6.07) is 3.06. The molecule has 0 aliphatic heterocycles. The summed E-state index contributed by atoms with van der Waals surface area (Å²) in [5, 5.41) is 11.2. The maximum Gasteiger partial charge on any atom is 0.311 e. The molecular weight excluding hydrogens is 390 g/mol. The van der Waals surface area contributed by atoms with Crippen LogP contribution in [-0.4, -0.2) is 23.8 Å². The highest BCUT2D eigenvalue weighted by Crippen LogP contribution is 2.58. The zero-order chi connectivity index (χ0) is 18.6. The van der Waals surface area contributed by atoms with Gasteiger partial charge in [0.05, 0.1) is 21.9 Å². The van der Waals surface area contributed by atoms with Crippen molar-refractivity contribution in [1.29, 1.82) is 0 Å². The van der Waals surface area contributed by atoms with Gasteiger partial charge in [-0.25, -0.2) is 0 Å². The zero-order valence-electron chi connectivity index (χ0n) is 14.4. The Morgan fingerprint density at radius 2 is 2.04 bits per heavy atom. The molecule has 0 unspecified atom stereocenters. The molecule has 1 fully saturated rings. The number of halogens is 1. The van der Waals surface area contributed by atoms with Crippen molar-refractivity contribution in [3.63, 3.8) is 0 Å². The zero-order valence-corrected chi connectivity index (χ0v) is 16.0. The van der Waals surface area contributed by atoms with Crippen LogP contribution in [-0.2, 0) is 14.9 Å².